The second kappa shape index (κ2) is 7.53. The van der Waals surface area contributed by atoms with Crippen LogP contribution in [0.2, 0.25) is 0 Å². The largest absolute Gasteiger partial charge is 0.406 e. The van der Waals surface area contributed by atoms with E-state index in [-0.39, 0.29) is 18.8 Å². The minimum absolute atomic E-state index is 0.00759. The van der Waals surface area contributed by atoms with Crippen molar-refractivity contribution in [2.45, 2.75) is 25.9 Å². The lowest BCUT2D eigenvalue weighted by Gasteiger charge is -2.23. The Morgan fingerprint density at radius 2 is 1.85 bits per heavy atom. The van der Waals surface area contributed by atoms with Gasteiger partial charge in [0.05, 0.1) is 0 Å². The molecule has 0 aliphatic carbocycles. The van der Waals surface area contributed by atoms with Gasteiger partial charge in [-0.1, -0.05) is 29.8 Å². The van der Waals surface area contributed by atoms with Gasteiger partial charge in [0.1, 0.15) is 6.54 Å². The summed E-state index contributed by atoms with van der Waals surface area (Å²) in [5.74, 6) is -0.532. The van der Waals surface area contributed by atoms with E-state index in [9.17, 15) is 18.0 Å². The molecule has 1 rings (SSSR count). The molecule has 0 saturated carbocycles. The molecule has 112 valence electrons. The molecular weight excluding hydrogens is 291 g/mol. The third-order valence-electron chi connectivity index (χ3n) is 2.83. The molecule has 0 fully saturated rings. The zero-order valence-corrected chi connectivity index (χ0v) is 12.0. The Kier molecular flexibility index (Phi) is 6.33. The van der Waals surface area contributed by atoms with Crippen LogP contribution in [0.5, 0.6) is 0 Å². The van der Waals surface area contributed by atoms with Crippen molar-refractivity contribution in [1.82, 2.24) is 4.90 Å². The van der Waals surface area contributed by atoms with Gasteiger partial charge in [-0.05, 0) is 18.9 Å². The van der Waals surface area contributed by atoms with E-state index in [1.807, 2.05) is 31.2 Å². The highest BCUT2D eigenvalue weighted by Gasteiger charge is 2.32. The Bertz CT molecular complexity index is 431. The predicted octanol–water partition coefficient (Wildman–Crippen LogP) is 3.56. The van der Waals surface area contributed by atoms with Gasteiger partial charge in [0.15, 0.2) is 0 Å². The highest BCUT2D eigenvalue weighted by molar-refractivity contribution is 6.18. The van der Waals surface area contributed by atoms with E-state index < -0.39 is 18.6 Å². The second-order valence-corrected chi connectivity index (χ2v) is 4.98. The van der Waals surface area contributed by atoms with E-state index in [1.165, 1.54) is 0 Å². The average molecular weight is 308 g/mol. The van der Waals surface area contributed by atoms with Crippen molar-refractivity contribution in [2.24, 2.45) is 0 Å². The van der Waals surface area contributed by atoms with Crippen molar-refractivity contribution < 1.29 is 18.0 Å². The highest BCUT2D eigenvalue weighted by atomic mass is 35.5. The number of carbonyl (C=O) groups excluding carboxylic acids is 1. The van der Waals surface area contributed by atoms with Crippen molar-refractivity contribution in [3.05, 3.63) is 35.4 Å². The molecule has 0 aliphatic rings. The molecule has 0 aliphatic heterocycles. The van der Waals surface area contributed by atoms with Gasteiger partial charge in [0.2, 0.25) is 5.91 Å². The standard InChI is InChI=1S/C14H17ClF3NO/c1-11-2-4-12(5-3-11)6-7-13(20)19(9-8-15)10-14(16,17)18/h2-5H,6-10H2,1H3. The van der Waals surface area contributed by atoms with Crippen molar-refractivity contribution in [1.29, 1.82) is 0 Å². The first kappa shape index (κ1) is 16.8. The number of rotatable bonds is 6. The van der Waals surface area contributed by atoms with Crippen LogP contribution in [-0.4, -0.2) is 36.0 Å². The van der Waals surface area contributed by atoms with Crippen LogP contribution in [0.3, 0.4) is 0 Å². The molecule has 0 radical (unpaired) electrons. The summed E-state index contributed by atoms with van der Waals surface area (Å²) >= 11 is 5.44. The van der Waals surface area contributed by atoms with Gasteiger partial charge in [-0.3, -0.25) is 4.79 Å². The lowest BCUT2D eigenvalue weighted by atomic mass is 10.1. The fraction of sp³-hybridized carbons (Fsp3) is 0.500. The smallest absolute Gasteiger partial charge is 0.332 e. The molecule has 0 spiro atoms. The third-order valence-corrected chi connectivity index (χ3v) is 2.99. The molecule has 0 N–H and O–H groups in total. The van der Waals surface area contributed by atoms with Crippen LogP contribution in [0.15, 0.2) is 24.3 Å². The van der Waals surface area contributed by atoms with Gasteiger partial charge in [0.25, 0.3) is 0 Å². The first-order valence-corrected chi connectivity index (χ1v) is 6.81. The number of hydrogen-bond donors (Lipinski definition) is 0. The van der Waals surface area contributed by atoms with E-state index >= 15 is 0 Å². The molecule has 0 bridgehead atoms. The molecule has 0 unspecified atom stereocenters. The Morgan fingerprint density at radius 3 is 2.35 bits per heavy atom. The summed E-state index contributed by atoms with van der Waals surface area (Å²) in [6, 6.07) is 7.56. The van der Waals surface area contributed by atoms with Crippen LogP contribution < -0.4 is 0 Å². The first-order chi connectivity index (χ1) is 9.31. The number of aryl methyl sites for hydroxylation is 2. The number of alkyl halides is 4. The fourth-order valence-electron chi connectivity index (χ4n) is 1.77. The normalized spacial score (nSPS) is 11.4. The molecule has 0 heterocycles. The van der Waals surface area contributed by atoms with Crippen LogP contribution in [-0.2, 0) is 11.2 Å². The third kappa shape index (κ3) is 6.28. The maximum atomic E-state index is 12.4. The van der Waals surface area contributed by atoms with Crippen molar-refractivity contribution in [3.63, 3.8) is 0 Å². The molecule has 6 heteroatoms. The Hall–Kier alpha value is -1.23. The van der Waals surface area contributed by atoms with Crippen LogP contribution in [0.4, 0.5) is 13.2 Å². The Labute approximate surface area is 121 Å². The molecule has 0 saturated heterocycles. The summed E-state index contributed by atoms with van der Waals surface area (Å²) < 4.78 is 37.1. The van der Waals surface area contributed by atoms with Crippen molar-refractivity contribution >= 4 is 17.5 Å². The van der Waals surface area contributed by atoms with Crippen LogP contribution >= 0.6 is 11.6 Å². The van der Waals surface area contributed by atoms with Crippen molar-refractivity contribution in [2.75, 3.05) is 19.0 Å². The number of nitrogens with zero attached hydrogens (tertiary/aromatic N) is 1. The van der Waals surface area contributed by atoms with E-state index in [1.54, 1.807) is 0 Å². The summed E-state index contributed by atoms with van der Waals surface area (Å²) in [5, 5.41) is 0. The fourth-order valence-corrected chi connectivity index (χ4v) is 1.98. The molecule has 0 aromatic heterocycles. The zero-order valence-electron chi connectivity index (χ0n) is 11.2. The average Bonchev–Trinajstić information content (AvgIpc) is 2.35. The van der Waals surface area contributed by atoms with Gasteiger partial charge in [-0.25, -0.2) is 0 Å². The monoisotopic (exact) mass is 307 g/mol. The Morgan fingerprint density at radius 1 is 1.25 bits per heavy atom. The molecular formula is C14H17ClF3NO. The lowest BCUT2D eigenvalue weighted by molar-refractivity contribution is -0.160. The van der Waals surface area contributed by atoms with Gasteiger partial charge in [-0.2, -0.15) is 13.2 Å². The summed E-state index contributed by atoms with van der Waals surface area (Å²) in [6.07, 6.45) is -3.92. The number of carbonyl (C=O) groups is 1. The van der Waals surface area contributed by atoms with E-state index in [0.29, 0.717) is 6.42 Å². The molecule has 0 atom stereocenters. The zero-order chi connectivity index (χ0) is 15.2. The summed E-state index contributed by atoms with van der Waals surface area (Å²) in [4.78, 5) is 12.6. The van der Waals surface area contributed by atoms with Crippen molar-refractivity contribution in [3.8, 4) is 0 Å². The van der Waals surface area contributed by atoms with Gasteiger partial charge in [0, 0.05) is 18.8 Å². The van der Waals surface area contributed by atoms with Gasteiger partial charge >= 0.3 is 6.18 Å². The molecule has 2 nitrogen and oxygen atoms in total. The van der Waals surface area contributed by atoms with E-state index in [4.69, 9.17) is 11.6 Å². The van der Waals surface area contributed by atoms with E-state index in [2.05, 4.69) is 0 Å². The SMILES string of the molecule is Cc1ccc(CCC(=O)N(CCCl)CC(F)(F)F)cc1. The second-order valence-electron chi connectivity index (χ2n) is 4.61. The van der Waals surface area contributed by atoms with Crippen LogP contribution in [0.25, 0.3) is 0 Å². The molecule has 20 heavy (non-hydrogen) atoms. The first-order valence-electron chi connectivity index (χ1n) is 6.28. The molecule has 1 aromatic rings. The highest BCUT2D eigenvalue weighted by Crippen LogP contribution is 2.17. The van der Waals surface area contributed by atoms with Crippen LogP contribution in [0.1, 0.15) is 17.5 Å². The number of halogens is 4. The quantitative estimate of drug-likeness (QED) is 0.736. The minimum Gasteiger partial charge on any atom is -0.332 e. The number of amides is 1. The maximum Gasteiger partial charge on any atom is 0.406 e. The maximum absolute atomic E-state index is 12.4. The molecule has 1 amide bonds. The minimum atomic E-state index is -4.40. The van der Waals surface area contributed by atoms with Gasteiger partial charge in [-0.15, -0.1) is 11.6 Å². The van der Waals surface area contributed by atoms with E-state index in [0.717, 1.165) is 16.0 Å². The molecule has 1 aromatic carbocycles. The summed E-state index contributed by atoms with van der Waals surface area (Å²) in [6.45, 7) is 0.612. The summed E-state index contributed by atoms with van der Waals surface area (Å²) in [7, 11) is 0. The summed E-state index contributed by atoms with van der Waals surface area (Å²) in [5.41, 5.74) is 2.03. The number of hydrogen-bond acceptors (Lipinski definition) is 1. The van der Waals surface area contributed by atoms with Gasteiger partial charge < -0.3 is 4.90 Å². The predicted molar refractivity (Wildman–Crippen MR) is 72.9 cm³/mol. The lowest BCUT2D eigenvalue weighted by Crippen LogP contribution is -2.40. The van der Waals surface area contributed by atoms with Crippen LogP contribution in [0, 0.1) is 6.92 Å². The number of benzene rings is 1. The Balaban J connectivity index is 2.55. The topological polar surface area (TPSA) is 20.3 Å².